The van der Waals surface area contributed by atoms with Gasteiger partial charge in [0.1, 0.15) is 5.75 Å². The van der Waals surface area contributed by atoms with Crippen LogP contribution in [0.1, 0.15) is 38.3 Å². The number of nitrogens with zero attached hydrogens (tertiary/aromatic N) is 1. The van der Waals surface area contributed by atoms with Crippen LogP contribution in [0.3, 0.4) is 0 Å². The maximum absolute atomic E-state index is 12.4. The van der Waals surface area contributed by atoms with E-state index in [-0.39, 0.29) is 11.4 Å². The van der Waals surface area contributed by atoms with E-state index in [1.807, 2.05) is 29.2 Å². The normalized spacial score (nSPS) is 13.4. The molecule has 2 aromatic rings. The molecule has 0 saturated carbocycles. The molecule has 2 aromatic carbocycles. The van der Waals surface area contributed by atoms with Crippen molar-refractivity contribution in [3.8, 4) is 5.75 Å². The molecule has 0 fully saturated rings. The van der Waals surface area contributed by atoms with Crippen LogP contribution >= 0.6 is 15.9 Å². The summed E-state index contributed by atoms with van der Waals surface area (Å²) in [6, 6.07) is 14.3. The van der Waals surface area contributed by atoms with Crippen molar-refractivity contribution < 1.29 is 9.53 Å². The van der Waals surface area contributed by atoms with Crippen molar-refractivity contribution in [1.29, 1.82) is 0 Å². The van der Waals surface area contributed by atoms with Crippen LogP contribution in [0.4, 0.5) is 10.5 Å². The largest absolute Gasteiger partial charge is 0.492 e. The van der Waals surface area contributed by atoms with Gasteiger partial charge in [-0.1, -0.05) is 45.0 Å². The summed E-state index contributed by atoms with van der Waals surface area (Å²) in [4.78, 5) is 14.2. The zero-order chi connectivity index (χ0) is 19.4. The number of urea groups is 1. The third-order valence-electron chi connectivity index (χ3n) is 4.79. The van der Waals surface area contributed by atoms with Crippen molar-refractivity contribution in [3.05, 3.63) is 58.1 Å². The minimum atomic E-state index is -0.0318. The van der Waals surface area contributed by atoms with Crippen molar-refractivity contribution in [3.63, 3.8) is 0 Å². The lowest BCUT2D eigenvalue weighted by atomic mass is 9.87. The molecule has 2 amide bonds. The number of nitrogens with one attached hydrogen (secondary N) is 1. The van der Waals surface area contributed by atoms with E-state index in [0.29, 0.717) is 13.2 Å². The molecule has 0 unspecified atom stereocenters. The van der Waals surface area contributed by atoms with Gasteiger partial charge in [0.05, 0.1) is 11.1 Å². The van der Waals surface area contributed by atoms with Crippen LogP contribution in [0, 0.1) is 0 Å². The molecule has 1 aliphatic rings. The molecule has 0 radical (unpaired) electrons. The van der Waals surface area contributed by atoms with Crippen LogP contribution in [-0.2, 0) is 11.8 Å². The van der Waals surface area contributed by atoms with E-state index in [4.69, 9.17) is 4.74 Å². The summed E-state index contributed by atoms with van der Waals surface area (Å²) < 4.78 is 6.82. The fourth-order valence-electron chi connectivity index (χ4n) is 3.18. The van der Waals surface area contributed by atoms with Crippen LogP contribution < -0.4 is 15.0 Å². The molecule has 0 bridgehead atoms. The predicted octanol–water partition coefficient (Wildman–Crippen LogP) is 5.29. The van der Waals surface area contributed by atoms with Crippen molar-refractivity contribution in [2.75, 3.05) is 24.6 Å². The number of halogens is 1. The van der Waals surface area contributed by atoms with E-state index < -0.39 is 0 Å². The van der Waals surface area contributed by atoms with E-state index in [9.17, 15) is 4.79 Å². The standard InChI is InChI=1S/C22H27BrN2O2/c1-22(2,3)17-9-10-20(18(23)15-17)27-14-6-12-24-21(26)25-13-11-16-7-4-5-8-19(16)25/h4-5,7-10,15H,6,11-14H2,1-3H3,(H,24,26). The highest BCUT2D eigenvalue weighted by atomic mass is 79.9. The lowest BCUT2D eigenvalue weighted by Crippen LogP contribution is -2.39. The van der Waals surface area contributed by atoms with Gasteiger partial charge in [0, 0.05) is 18.8 Å². The number of carbonyl (C=O) groups excluding carboxylic acids is 1. The Hall–Kier alpha value is -2.01. The average molecular weight is 431 g/mol. The number of para-hydroxylation sites is 1. The number of hydrogen-bond acceptors (Lipinski definition) is 2. The topological polar surface area (TPSA) is 41.6 Å². The number of hydrogen-bond donors (Lipinski definition) is 1. The molecule has 3 rings (SSSR count). The van der Waals surface area contributed by atoms with Gasteiger partial charge in [-0.25, -0.2) is 4.79 Å². The number of rotatable bonds is 5. The first-order valence-electron chi connectivity index (χ1n) is 9.42. The van der Waals surface area contributed by atoms with Crippen LogP contribution in [0.5, 0.6) is 5.75 Å². The summed E-state index contributed by atoms with van der Waals surface area (Å²) in [6.45, 7) is 8.47. The predicted molar refractivity (Wildman–Crippen MR) is 114 cm³/mol. The Bertz CT molecular complexity index is 814. The molecule has 144 valence electrons. The Morgan fingerprint density at radius 1 is 1.22 bits per heavy atom. The fraction of sp³-hybridized carbons (Fsp3) is 0.409. The van der Waals surface area contributed by atoms with Gasteiger partial charge in [0.25, 0.3) is 0 Å². The molecule has 1 N–H and O–H groups in total. The van der Waals surface area contributed by atoms with E-state index in [1.165, 1.54) is 11.1 Å². The second-order valence-electron chi connectivity index (χ2n) is 7.86. The minimum absolute atomic E-state index is 0.0318. The van der Waals surface area contributed by atoms with Gasteiger partial charge in [-0.05, 0) is 63.5 Å². The Morgan fingerprint density at radius 3 is 2.74 bits per heavy atom. The lowest BCUT2D eigenvalue weighted by molar-refractivity contribution is 0.245. The van der Waals surface area contributed by atoms with Crippen molar-refractivity contribution >= 4 is 27.6 Å². The van der Waals surface area contributed by atoms with Gasteiger partial charge >= 0.3 is 6.03 Å². The maximum atomic E-state index is 12.4. The smallest absolute Gasteiger partial charge is 0.321 e. The summed E-state index contributed by atoms with van der Waals surface area (Å²) in [5.74, 6) is 0.836. The van der Waals surface area contributed by atoms with Gasteiger partial charge in [0.2, 0.25) is 0 Å². The highest BCUT2D eigenvalue weighted by molar-refractivity contribution is 9.10. The van der Waals surface area contributed by atoms with Crippen molar-refractivity contribution in [1.82, 2.24) is 5.32 Å². The van der Waals surface area contributed by atoms with Crippen LogP contribution in [0.15, 0.2) is 46.9 Å². The molecule has 27 heavy (non-hydrogen) atoms. The molecule has 5 heteroatoms. The summed E-state index contributed by atoms with van der Waals surface area (Å²) in [5, 5.41) is 2.99. The monoisotopic (exact) mass is 430 g/mol. The van der Waals surface area contributed by atoms with E-state index in [2.05, 4.69) is 60.2 Å². The Kier molecular flexibility index (Phi) is 6.10. The molecule has 4 nitrogen and oxygen atoms in total. The van der Waals surface area contributed by atoms with E-state index in [0.717, 1.165) is 35.3 Å². The van der Waals surface area contributed by atoms with Crippen molar-refractivity contribution in [2.45, 2.75) is 39.0 Å². The Labute approximate surface area is 170 Å². The van der Waals surface area contributed by atoms with Gasteiger partial charge in [-0.15, -0.1) is 0 Å². The van der Waals surface area contributed by atoms with Crippen molar-refractivity contribution in [2.24, 2.45) is 0 Å². The van der Waals surface area contributed by atoms with Gasteiger partial charge in [-0.2, -0.15) is 0 Å². The van der Waals surface area contributed by atoms with Gasteiger partial charge in [-0.3, -0.25) is 4.90 Å². The summed E-state index contributed by atoms with van der Waals surface area (Å²) in [7, 11) is 0. The quantitative estimate of drug-likeness (QED) is 0.654. The second-order valence-corrected chi connectivity index (χ2v) is 8.71. The minimum Gasteiger partial charge on any atom is -0.492 e. The second kappa shape index (κ2) is 8.34. The number of anilines is 1. The Balaban J connectivity index is 1.43. The molecular formula is C22H27BrN2O2. The number of carbonyl (C=O) groups is 1. The first-order chi connectivity index (χ1) is 12.9. The van der Waals surface area contributed by atoms with Gasteiger partial charge < -0.3 is 10.1 Å². The van der Waals surface area contributed by atoms with E-state index >= 15 is 0 Å². The molecular weight excluding hydrogens is 404 g/mol. The molecule has 0 aliphatic carbocycles. The molecule has 1 heterocycles. The lowest BCUT2D eigenvalue weighted by Gasteiger charge is -2.20. The zero-order valence-corrected chi connectivity index (χ0v) is 17.8. The third kappa shape index (κ3) is 4.83. The summed E-state index contributed by atoms with van der Waals surface area (Å²) >= 11 is 3.59. The zero-order valence-electron chi connectivity index (χ0n) is 16.2. The number of ether oxygens (including phenoxy) is 1. The highest BCUT2D eigenvalue weighted by Gasteiger charge is 2.23. The molecule has 0 spiro atoms. The summed E-state index contributed by atoms with van der Waals surface area (Å²) in [5.41, 5.74) is 3.63. The van der Waals surface area contributed by atoms with E-state index in [1.54, 1.807) is 0 Å². The highest BCUT2D eigenvalue weighted by Crippen LogP contribution is 2.31. The van der Waals surface area contributed by atoms with Crippen LogP contribution in [-0.4, -0.2) is 25.7 Å². The molecule has 1 aliphatic heterocycles. The fourth-order valence-corrected chi connectivity index (χ4v) is 3.67. The van der Waals surface area contributed by atoms with Crippen LogP contribution in [0.2, 0.25) is 0 Å². The first kappa shape index (κ1) is 19.7. The SMILES string of the molecule is CC(C)(C)c1ccc(OCCCNC(=O)N2CCc3ccccc32)c(Br)c1. The number of fused-ring (bicyclic) bond motifs is 1. The number of amides is 2. The van der Waals surface area contributed by atoms with Crippen LogP contribution in [0.25, 0.3) is 0 Å². The summed E-state index contributed by atoms with van der Waals surface area (Å²) in [6.07, 6.45) is 1.68. The van der Waals surface area contributed by atoms with Gasteiger partial charge in [0.15, 0.2) is 0 Å². The Morgan fingerprint density at radius 2 is 2.00 bits per heavy atom. The number of benzene rings is 2. The maximum Gasteiger partial charge on any atom is 0.321 e. The third-order valence-corrected chi connectivity index (χ3v) is 5.40. The molecule has 0 atom stereocenters. The molecule has 0 aromatic heterocycles. The average Bonchev–Trinajstić information content (AvgIpc) is 3.05. The first-order valence-corrected chi connectivity index (χ1v) is 10.2. The molecule has 0 saturated heterocycles.